The van der Waals surface area contributed by atoms with E-state index in [-0.39, 0.29) is 17.9 Å². The Balaban J connectivity index is 2.05. The molecule has 3 nitrogen and oxygen atoms in total. The maximum absolute atomic E-state index is 12.9. The molecule has 26 heavy (non-hydrogen) atoms. The van der Waals surface area contributed by atoms with Gasteiger partial charge in [-0.1, -0.05) is 80.4 Å². The van der Waals surface area contributed by atoms with Gasteiger partial charge in [-0.2, -0.15) is 0 Å². The van der Waals surface area contributed by atoms with E-state index >= 15 is 0 Å². The maximum Gasteiger partial charge on any atom is 0.223 e. The summed E-state index contributed by atoms with van der Waals surface area (Å²) in [5.74, 6) is 0.310. The Morgan fingerprint density at radius 3 is 2.08 bits per heavy atom. The molecule has 140 valence electrons. The number of hydrogen-bond acceptors (Lipinski definition) is 2. The summed E-state index contributed by atoms with van der Waals surface area (Å²) >= 11 is 0. The predicted octanol–water partition coefficient (Wildman–Crippen LogP) is 4.93. The molecule has 1 N–H and O–H groups in total. The van der Waals surface area contributed by atoms with Gasteiger partial charge in [0.05, 0.1) is 12.1 Å². The molecule has 0 aliphatic rings. The van der Waals surface area contributed by atoms with Gasteiger partial charge in [0.2, 0.25) is 5.91 Å². The molecule has 3 atom stereocenters. The highest BCUT2D eigenvalue weighted by Gasteiger charge is 2.26. The first-order valence-corrected chi connectivity index (χ1v) is 9.58. The second kappa shape index (κ2) is 10.1. The van der Waals surface area contributed by atoms with Gasteiger partial charge >= 0.3 is 0 Å². The van der Waals surface area contributed by atoms with Crippen molar-refractivity contribution in [2.45, 2.75) is 57.6 Å². The minimum absolute atomic E-state index is 0.0810. The lowest BCUT2D eigenvalue weighted by molar-refractivity contribution is -0.134. The standard InChI is InChI=1S/C23H31NO2/c1-4-5-12-21(19-13-8-6-9-14-19)17-22(25)24(3)18(2)23(26)20-15-10-7-11-16-20/h6-11,13-16,18,21,23,26H,4-5,12,17H2,1-3H3/t18-,21?,23-/m0/s1. The first kappa shape index (κ1) is 20.2. The number of aliphatic hydroxyl groups is 1. The van der Waals surface area contributed by atoms with Crippen LogP contribution in [-0.4, -0.2) is 29.0 Å². The highest BCUT2D eigenvalue weighted by molar-refractivity contribution is 5.77. The van der Waals surface area contributed by atoms with Crippen LogP contribution in [0.15, 0.2) is 60.7 Å². The summed E-state index contributed by atoms with van der Waals surface area (Å²) in [6.07, 6.45) is 3.04. The predicted molar refractivity (Wildman–Crippen MR) is 107 cm³/mol. The molecule has 2 rings (SSSR count). The lowest BCUT2D eigenvalue weighted by Gasteiger charge is -2.30. The van der Waals surface area contributed by atoms with Gasteiger partial charge in [-0.3, -0.25) is 4.79 Å². The van der Waals surface area contributed by atoms with Crippen LogP contribution in [0.4, 0.5) is 0 Å². The van der Waals surface area contributed by atoms with Crippen molar-refractivity contribution in [1.29, 1.82) is 0 Å². The molecule has 0 spiro atoms. The van der Waals surface area contributed by atoms with Crippen molar-refractivity contribution in [2.24, 2.45) is 0 Å². The number of rotatable bonds is 9. The van der Waals surface area contributed by atoms with Gasteiger partial charge < -0.3 is 10.0 Å². The summed E-state index contributed by atoms with van der Waals surface area (Å²) in [6, 6.07) is 19.5. The molecule has 1 unspecified atom stereocenters. The molecule has 0 heterocycles. The van der Waals surface area contributed by atoms with Crippen LogP contribution >= 0.6 is 0 Å². The highest BCUT2D eigenvalue weighted by atomic mass is 16.3. The molecule has 0 saturated carbocycles. The SMILES string of the molecule is CCCCC(CC(=O)N(C)[C@@H](C)[C@H](O)c1ccccc1)c1ccccc1. The number of aliphatic hydroxyl groups excluding tert-OH is 1. The molecule has 1 amide bonds. The molecule has 2 aromatic rings. The monoisotopic (exact) mass is 353 g/mol. The largest absolute Gasteiger partial charge is 0.386 e. The smallest absolute Gasteiger partial charge is 0.223 e. The summed E-state index contributed by atoms with van der Waals surface area (Å²) in [6.45, 7) is 4.08. The fraction of sp³-hybridized carbons (Fsp3) is 0.435. The van der Waals surface area contributed by atoms with E-state index in [9.17, 15) is 9.90 Å². The Morgan fingerprint density at radius 2 is 1.54 bits per heavy atom. The zero-order valence-electron chi connectivity index (χ0n) is 16.1. The van der Waals surface area contributed by atoms with E-state index in [0.29, 0.717) is 6.42 Å². The van der Waals surface area contributed by atoms with Gasteiger partial charge in [0.15, 0.2) is 0 Å². The van der Waals surface area contributed by atoms with Gasteiger partial charge in [-0.25, -0.2) is 0 Å². The normalized spacial score (nSPS) is 14.5. The molecular formula is C23H31NO2. The van der Waals surface area contributed by atoms with Crippen molar-refractivity contribution in [1.82, 2.24) is 4.90 Å². The molecule has 2 aromatic carbocycles. The van der Waals surface area contributed by atoms with Crippen LogP contribution in [0.25, 0.3) is 0 Å². The van der Waals surface area contributed by atoms with E-state index in [2.05, 4.69) is 19.1 Å². The molecule has 0 aliphatic heterocycles. The quantitative estimate of drug-likeness (QED) is 0.694. The average molecular weight is 354 g/mol. The van der Waals surface area contributed by atoms with E-state index in [1.54, 1.807) is 11.9 Å². The Labute approximate surface area is 157 Å². The van der Waals surface area contributed by atoms with Crippen LogP contribution in [0.1, 0.15) is 62.7 Å². The number of benzene rings is 2. The lowest BCUT2D eigenvalue weighted by atomic mass is 9.90. The zero-order valence-corrected chi connectivity index (χ0v) is 16.1. The van der Waals surface area contributed by atoms with Crippen LogP contribution in [0, 0.1) is 0 Å². The number of likely N-dealkylation sites (N-methyl/N-ethyl adjacent to an activating group) is 1. The molecule has 3 heteroatoms. The summed E-state index contributed by atoms with van der Waals surface area (Å²) in [7, 11) is 1.79. The maximum atomic E-state index is 12.9. The third-order valence-corrected chi connectivity index (χ3v) is 5.20. The number of carbonyl (C=O) groups excluding carboxylic acids is 1. The third kappa shape index (κ3) is 5.43. The molecule has 0 radical (unpaired) electrons. The van der Waals surface area contributed by atoms with Crippen molar-refractivity contribution in [3.63, 3.8) is 0 Å². The van der Waals surface area contributed by atoms with Gasteiger partial charge in [0, 0.05) is 13.5 Å². The van der Waals surface area contributed by atoms with E-state index in [1.807, 2.05) is 55.5 Å². The number of nitrogens with zero attached hydrogens (tertiary/aromatic N) is 1. The van der Waals surface area contributed by atoms with Crippen LogP contribution < -0.4 is 0 Å². The Bertz CT molecular complexity index is 656. The topological polar surface area (TPSA) is 40.5 Å². The Hall–Kier alpha value is -2.13. The van der Waals surface area contributed by atoms with E-state index < -0.39 is 6.10 Å². The first-order chi connectivity index (χ1) is 12.5. The van der Waals surface area contributed by atoms with Crippen LogP contribution in [0.2, 0.25) is 0 Å². The van der Waals surface area contributed by atoms with Gasteiger partial charge in [-0.05, 0) is 30.4 Å². The number of hydrogen-bond donors (Lipinski definition) is 1. The van der Waals surface area contributed by atoms with Crippen molar-refractivity contribution < 1.29 is 9.90 Å². The Kier molecular flexibility index (Phi) is 7.86. The summed E-state index contributed by atoms with van der Waals surface area (Å²) in [5, 5.41) is 10.6. The van der Waals surface area contributed by atoms with Gasteiger partial charge in [-0.15, -0.1) is 0 Å². The second-order valence-corrected chi connectivity index (χ2v) is 7.05. The van der Waals surface area contributed by atoms with Crippen molar-refractivity contribution in [2.75, 3.05) is 7.05 Å². The van der Waals surface area contributed by atoms with E-state index in [4.69, 9.17) is 0 Å². The minimum atomic E-state index is -0.684. The molecule has 0 aromatic heterocycles. The fourth-order valence-electron chi connectivity index (χ4n) is 3.28. The average Bonchev–Trinajstić information content (AvgIpc) is 2.70. The number of unbranched alkanes of at least 4 members (excludes halogenated alkanes) is 1. The van der Waals surface area contributed by atoms with Crippen LogP contribution in [-0.2, 0) is 4.79 Å². The fourth-order valence-corrected chi connectivity index (χ4v) is 3.28. The van der Waals surface area contributed by atoms with Crippen LogP contribution in [0.5, 0.6) is 0 Å². The zero-order chi connectivity index (χ0) is 18.9. The molecule has 0 aliphatic carbocycles. The van der Waals surface area contributed by atoms with Gasteiger partial charge in [0.1, 0.15) is 0 Å². The van der Waals surface area contributed by atoms with E-state index in [0.717, 1.165) is 24.8 Å². The molecular weight excluding hydrogens is 322 g/mol. The first-order valence-electron chi connectivity index (χ1n) is 9.58. The summed E-state index contributed by atoms with van der Waals surface area (Å²) in [5.41, 5.74) is 2.06. The lowest BCUT2D eigenvalue weighted by Crippen LogP contribution is -2.39. The van der Waals surface area contributed by atoms with Crippen LogP contribution in [0.3, 0.4) is 0 Å². The summed E-state index contributed by atoms with van der Waals surface area (Å²) < 4.78 is 0. The van der Waals surface area contributed by atoms with Crippen molar-refractivity contribution in [3.8, 4) is 0 Å². The minimum Gasteiger partial charge on any atom is -0.386 e. The molecule has 0 fully saturated rings. The molecule has 0 saturated heterocycles. The second-order valence-electron chi connectivity index (χ2n) is 7.05. The van der Waals surface area contributed by atoms with E-state index in [1.165, 1.54) is 5.56 Å². The molecule has 0 bridgehead atoms. The van der Waals surface area contributed by atoms with Crippen molar-refractivity contribution in [3.05, 3.63) is 71.8 Å². The third-order valence-electron chi connectivity index (χ3n) is 5.20. The highest BCUT2D eigenvalue weighted by Crippen LogP contribution is 2.28. The van der Waals surface area contributed by atoms with Crippen molar-refractivity contribution >= 4 is 5.91 Å². The Morgan fingerprint density at radius 1 is 1.00 bits per heavy atom. The summed E-state index contributed by atoms with van der Waals surface area (Å²) in [4.78, 5) is 14.6. The number of carbonyl (C=O) groups is 1. The van der Waals surface area contributed by atoms with Gasteiger partial charge in [0.25, 0.3) is 0 Å². The number of amides is 1.